The number of methoxy groups -OCH3 is 1. The van der Waals surface area contributed by atoms with Gasteiger partial charge in [-0.3, -0.25) is 4.79 Å². The van der Waals surface area contributed by atoms with Gasteiger partial charge in [0.1, 0.15) is 0 Å². The van der Waals surface area contributed by atoms with Crippen LogP contribution in [0.5, 0.6) is 0 Å². The molecule has 0 unspecified atom stereocenters. The van der Waals surface area contributed by atoms with Crippen LogP contribution >= 0.6 is 0 Å². The number of carbonyl (C=O) groups excluding carboxylic acids is 1. The minimum absolute atomic E-state index is 0.00670. The molecule has 36 heavy (non-hydrogen) atoms. The fourth-order valence-electron chi connectivity index (χ4n) is 4.83. The van der Waals surface area contributed by atoms with E-state index in [-0.39, 0.29) is 24.2 Å². The topological polar surface area (TPSA) is 77.0 Å². The molecule has 0 aromatic heterocycles. The maximum atomic E-state index is 12.8. The summed E-state index contributed by atoms with van der Waals surface area (Å²) < 4.78 is 17.1. The van der Waals surface area contributed by atoms with Crippen LogP contribution in [-0.4, -0.2) is 37.6 Å². The molecule has 2 N–H and O–H groups in total. The maximum absolute atomic E-state index is 12.8. The van der Waals surface area contributed by atoms with Crippen molar-refractivity contribution >= 4 is 5.91 Å². The van der Waals surface area contributed by atoms with Gasteiger partial charge < -0.3 is 24.6 Å². The van der Waals surface area contributed by atoms with Gasteiger partial charge >= 0.3 is 0 Å². The highest BCUT2D eigenvalue weighted by molar-refractivity contribution is 5.91. The van der Waals surface area contributed by atoms with Crippen molar-refractivity contribution in [1.29, 1.82) is 0 Å². The van der Waals surface area contributed by atoms with Crippen molar-refractivity contribution in [3.05, 3.63) is 106 Å². The fourth-order valence-corrected chi connectivity index (χ4v) is 4.83. The molecule has 0 bridgehead atoms. The van der Waals surface area contributed by atoms with Crippen LogP contribution in [0, 0.1) is 0 Å². The van der Waals surface area contributed by atoms with Gasteiger partial charge in [-0.25, -0.2) is 0 Å². The number of aliphatic hydroxyl groups is 1. The fraction of sp³-hybridized carbons (Fsp3) is 0.300. The van der Waals surface area contributed by atoms with Crippen LogP contribution in [0.25, 0.3) is 11.1 Å². The molecule has 1 aliphatic heterocycles. The molecule has 186 valence electrons. The average molecular weight is 486 g/mol. The molecular weight excluding hydrogens is 454 g/mol. The molecule has 0 saturated heterocycles. The molecule has 2 atom stereocenters. The Hall–Kier alpha value is -3.45. The van der Waals surface area contributed by atoms with Gasteiger partial charge in [0.05, 0.1) is 19.8 Å². The van der Waals surface area contributed by atoms with E-state index in [1.54, 1.807) is 7.11 Å². The van der Waals surface area contributed by atoms with Gasteiger partial charge in [0.15, 0.2) is 5.76 Å². The number of hydrogen-bond acceptors (Lipinski definition) is 5. The number of allylic oxidation sites excluding steroid dienone is 1. The Balaban J connectivity index is 1.35. The summed E-state index contributed by atoms with van der Waals surface area (Å²) in [7, 11) is 1.60. The van der Waals surface area contributed by atoms with E-state index in [0.717, 1.165) is 23.1 Å². The number of amides is 1. The number of carbonyl (C=O) groups is 1. The first-order valence-corrected chi connectivity index (χ1v) is 12.3. The van der Waals surface area contributed by atoms with E-state index < -0.39 is 6.29 Å². The minimum atomic E-state index is -0.564. The first kappa shape index (κ1) is 24.3. The zero-order chi connectivity index (χ0) is 24.9. The third-order valence-corrected chi connectivity index (χ3v) is 6.76. The highest BCUT2D eigenvalue weighted by Gasteiger charge is 2.30. The van der Waals surface area contributed by atoms with Crippen molar-refractivity contribution in [1.82, 2.24) is 5.32 Å². The minimum Gasteiger partial charge on any atom is -0.459 e. The highest BCUT2D eigenvalue weighted by Crippen LogP contribution is 2.39. The van der Waals surface area contributed by atoms with Crippen molar-refractivity contribution in [2.24, 2.45) is 0 Å². The maximum Gasteiger partial charge on any atom is 0.286 e. The predicted octanol–water partition coefficient (Wildman–Crippen LogP) is 4.44. The number of ether oxygens (including phenoxy) is 3. The largest absolute Gasteiger partial charge is 0.459 e. The van der Waals surface area contributed by atoms with E-state index in [4.69, 9.17) is 14.2 Å². The Morgan fingerprint density at radius 3 is 2.61 bits per heavy atom. The zero-order valence-corrected chi connectivity index (χ0v) is 20.4. The van der Waals surface area contributed by atoms with Crippen molar-refractivity contribution in [3.8, 4) is 11.1 Å². The number of aliphatic hydroxyl groups excluding tert-OH is 1. The SMILES string of the molecule is COCCNC(=O)C1=C[C@@H](c2ccc3c(c2)Cc2ccccc2-3)C[C@@H](OCc2ccc(CO)cc2)O1. The molecule has 0 fully saturated rings. The monoisotopic (exact) mass is 485 g/mol. The summed E-state index contributed by atoms with van der Waals surface area (Å²) in [6.45, 7) is 1.19. The first-order chi connectivity index (χ1) is 17.6. The van der Waals surface area contributed by atoms with Crippen LogP contribution in [0.15, 0.2) is 78.6 Å². The van der Waals surface area contributed by atoms with Crippen molar-refractivity contribution in [2.75, 3.05) is 20.3 Å². The number of nitrogens with one attached hydrogen (secondary N) is 1. The van der Waals surface area contributed by atoms with E-state index >= 15 is 0 Å². The lowest BCUT2D eigenvalue weighted by molar-refractivity contribution is -0.150. The molecule has 3 aromatic carbocycles. The molecule has 1 heterocycles. The Kier molecular flexibility index (Phi) is 7.47. The van der Waals surface area contributed by atoms with Gasteiger partial charge in [-0.15, -0.1) is 0 Å². The van der Waals surface area contributed by atoms with Crippen molar-refractivity contribution in [3.63, 3.8) is 0 Å². The van der Waals surface area contributed by atoms with Crippen LogP contribution in [0.3, 0.4) is 0 Å². The Morgan fingerprint density at radius 1 is 1.03 bits per heavy atom. The predicted molar refractivity (Wildman–Crippen MR) is 137 cm³/mol. The second-order valence-corrected chi connectivity index (χ2v) is 9.21. The molecule has 0 radical (unpaired) electrons. The summed E-state index contributed by atoms with van der Waals surface area (Å²) in [6.07, 6.45) is 2.86. The van der Waals surface area contributed by atoms with E-state index in [9.17, 15) is 9.90 Å². The number of rotatable bonds is 9. The van der Waals surface area contributed by atoms with E-state index in [1.807, 2.05) is 30.3 Å². The number of benzene rings is 3. The Labute approximate surface area is 211 Å². The van der Waals surface area contributed by atoms with Crippen LogP contribution < -0.4 is 5.32 Å². The lowest BCUT2D eigenvalue weighted by atomic mass is 9.90. The molecule has 3 aromatic rings. The van der Waals surface area contributed by atoms with Crippen LogP contribution in [0.1, 0.15) is 40.2 Å². The second kappa shape index (κ2) is 11.1. The summed E-state index contributed by atoms with van der Waals surface area (Å²) in [4.78, 5) is 12.8. The molecule has 0 saturated carbocycles. The molecule has 6 nitrogen and oxygen atoms in total. The quantitative estimate of drug-likeness (QED) is 0.343. The molecular formula is C30H31NO5. The lowest BCUT2D eigenvalue weighted by Crippen LogP contribution is -2.34. The number of fused-ring (bicyclic) bond motifs is 3. The molecule has 0 spiro atoms. The van der Waals surface area contributed by atoms with Crippen LogP contribution in [-0.2, 0) is 38.6 Å². The summed E-state index contributed by atoms with van der Waals surface area (Å²) in [5, 5.41) is 12.1. The molecule has 5 rings (SSSR count). The van der Waals surface area contributed by atoms with Crippen LogP contribution in [0.2, 0.25) is 0 Å². The summed E-state index contributed by atoms with van der Waals surface area (Å²) in [5.74, 6) is -0.0179. The Morgan fingerprint density at radius 2 is 1.81 bits per heavy atom. The summed E-state index contributed by atoms with van der Waals surface area (Å²) in [6, 6.07) is 22.7. The smallest absolute Gasteiger partial charge is 0.286 e. The van der Waals surface area contributed by atoms with E-state index in [2.05, 4.69) is 47.8 Å². The van der Waals surface area contributed by atoms with Crippen LogP contribution in [0.4, 0.5) is 0 Å². The second-order valence-electron chi connectivity index (χ2n) is 9.21. The van der Waals surface area contributed by atoms with Gasteiger partial charge in [0.2, 0.25) is 6.29 Å². The van der Waals surface area contributed by atoms with Gasteiger partial charge in [0.25, 0.3) is 5.91 Å². The number of hydrogen-bond donors (Lipinski definition) is 2. The Bertz CT molecular complexity index is 1250. The van der Waals surface area contributed by atoms with E-state index in [1.165, 1.54) is 22.3 Å². The van der Waals surface area contributed by atoms with Gasteiger partial charge in [-0.1, -0.05) is 66.7 Å². The molecule has 6 heteroatoms. The normalized spacial score (nSPS) is 18.1. The summed E-state index contributed by atoms with van der Waals surface area (Å²) in [5.41, 5.74) is 8.20. The standard InChI is InChI=1S/C30H31NO5/c1-34-13-12-31-30(33)28-16-24(17-29(36-28)35-19-21-8-6-20(18-32)7-9-21)22-10-11-27-25(14-22)15-23-4-2-3-5-26(23)27/h2-11,14,16,24,29,32H,12-13,15,17-19H2,1H3,(H,31,33)/t24-,29+/m1/s1. The molecule has 2 aliphatic rings. The van der Waals surface area contributed by atoms with Crippen molar-refractivity contribution in [2.45, 2.75) is 38.3 Å². The van der Waals surface area contributed by atoms with E-state index in [0.29, 0.717) is 26.2 Å². The highest BCUT2D eigenvalue weighted by atomic mass is 16.7. The van der Waals surface area contributed by atoms with Crippen molar-refractivity contribution < 1.29 is 24.1 Å². The molecule has 1 amide bonds. The third-order valence-electron chi connectivity index (χ3n) is 6.76. The third kappa shape index (κ3) is 5.36. The first-order valence-electron chi connectivity index (χ1n) is 12.3. The zero-order valence-electron chi connectivity index (χ0n) is 20.4. The van der Waals surface area contributed by atoms with Gasteiger partial charge in [-0.05, 0) is 51.4 Å². The lowest BCUT2D eigenvalue weighted by Gasteiger charge is -2.29. The van der Waals surface area contributed by atoms with Gasteiger partial charge in [0, 0.05) is 26.0 Å². The average Bonchev–Trinajstić information content (AvgIpc) is 3.30. The molecule has 1 aliphatic carbocycles. The summed E-state index contributed by atoms with van der Waals surface area (Å²) >= 11 is 0. The van der Waals surface area contributed by atoms with Gasteiger partial charge in [-0.2, -0.15) is 0 Å².